The maximum Gasteiger partial charge on any atom is 0.296 e. The van der Waals surface area contributed by atoms with Crippen molar-refractivity contribution in [2.75, 3.05) is 19.5 Å². The summed E-state index contributed by atoms with van der Waals surface area (Å²) < 4.78 is 10.3. The van der Waals surface area contributed by atoms with Crippen molar-refractivity contribution in [2.45, 2.75) is 0 Å². The minimum Gasteiger partial charge on any atom is -0.496 e. The van der Waals surface area contributed by atoms with Crippen LogP contribution in [0.5, 0.6) is 11.5 Å². The summed E-state index contributed by atoms with van der Waals surface area (Å²) in [6.07, 6.45) is 0. The zero-order valence-electron chi connectivity index (χ0n) is 13.1. The van der Waals surface area contributed by atoms with E-state index in [1.54, 1.807) is 25.3 Å². The molecule has 3 aromatic rings. The van der Waals surface area contributed by atoms with Gasteiger partial charge in [0.15, 0.2) is 0 Å². The van der Waals surface area contributed by atoms with Gasteiger partial charge in [-0.3, -0.25) is 10.1 Å². The number of nitro benzene ring substituents is 1. The topological polar surface area (TPSA) is 86.5 Å². The van der Waals surface area contributed by atoms with Crippen LogP contribution in [0.25, 0.3) is 10.9 Å². The first-order valence-corrected chi connectivity index (χ1v) is 7.15. The summed E-state index contributed by atoms with van der Waals surface area (Å²) in [5.41, 5.74) is 0.931. The largest absolute Gasteiger partial charge is 0.496 e. The number of nitro groups is 1. The molecule has 0 saturated heterocycles. The third kappa shape index (κ3) is 2.91. The molecule has 0 radical (unpaired) electrons. The summed E-state index contributed by atoms with van der Waals surface area (Å²) in [4.78, 5) is 15.3. The van der Waals surface area contributed by atoms with Crippen molar-refractivity contribution in [3.8, 4) is 11.5 Å². The van der Waals surface area contributed by atoms with E-state index in [2.05, 4.69) is 10.3 Å². The molecule has 1 heterocycles. The molecule has 0 fully saturated rings. The molecule has 0 saturated carbocycles. The van der Waals surface area contributed by atoms with Crippen LogP contribution in [0.1, 0.15) is 0 Å². The lowest BCUT2D eigenvalue weighted by atomic mass is 10.2. The Morgan fingerprint density at radius 1 is 1.08 bits per heavy atom. The second-order valence-corrected chi connectivity index (χ2v) is 4.99. The molecule has 2 aromatic carbocycles. The van der Waals surface area contributed by atoms with Crippen LogP contribution in [0.15, 0.2) is 48.5 Å². The van der Waals surface area contributed by atoms with Crippen molar-refractivity contribution < 1.29 is 14.4 Å². The Morgan fingerprint density at radius 2 is 1.92 bits per heavy atom. The van der Waals surface area contributed by atoms with Crippen molar-refractivity contribution in [1.29, 1.82) is 0 Å². The zero-order chi connectivity index (χ0) is 17.1. The molecule has 0 aliphatic rings. The Balaban J connectivity index is 2.02. The van der Waals surface area contributed by atoms with Gasteiger partial charge >= 0.3 is 0 Å². The Morgan fingerprint density at radius 3 is 2.62 bits per heavy atom. The molecule has 0 spiro atoms. The van der Waals surface area contributed by atoms with Crippen molar-refractivity contribution in [3.05, 3.63) is 58.6 Å². The van der Waals surface area contributed by atoms with E-state index >= 15 is 0 Å². The molecule has 1 aromatic heterocycles. The van der Waals surface area contributed by atoms with E-state index in [0.29, 0.717) is 28.5 Å². The molecule has 0 atom stereocenters. The van der Waals surface area contributed by atoms with E-state index in [0.717, 1.165) is 5.39 Å². The first-order chi connectivity index (χ1) is 11.6. The highest BCUT2D eigenvalue weighted by molar-refractivity contribution is 5.86. The van der Waals surface area contributed by atoms with Gasteiger partial charge in [0.05, 0.1) is 25.2 Å². The molecule has 0 unspecified atom stereocenters. The number of anilines is 2. The number of nitrogens with zero attached hydrogens (tertiary/aromatic N) is 2. The number of ether oxygens (including phenoxy) is 2. The van der Waals surface area contributed by atoms with Crippen LogP contribution in [0, 0.1) is 10.1 Å². The molecule has 24 heavy (non-hydrogen) atoms. The first kappa shape index (κ1) is 15.5. The van der Waals surface area contributed by atoms with Gasteiger partial charge < -0.3 is 14.8 Å². The number of nitrogens with one attached hydrogen (secondary N) is 1. The molecule has 0 bridgehead atoms. The zero-order valence-corrected chi connectivity index (χ0v) is 13.1. The number of fused-ring (bicyclic) bond motifs is 1. The highest BCUT2D eigenvalue weighted by Crippen LogP contribution is 2.32. The molecule has 3 rings (SSSR count). The Hall–Kier alpha value is -3.35. The summed E-state index contributed by atoms with van der Waals surface area (Å²) in [6.45, 7) is 0. The second kappa shape index (κ2) is 6.41. The van der Waals surface area contributed by atoms with E-state index in [1.807, 2.05) is 24.3 Å². The normalized spacial score (nSPS) is 10.4. The lowest BCUT2D eigenvalue weighted by Crippen LogP contribution is -1.99. The molecule has 1 N–H and O–H groups in total. The van der Waals surface area contributed by atoms with Crippen molar-refractivity contribution >= 4 is 28.1 Å². The van der Waals surface area contributed by atoms with Crippen LogP contribution < -0.4 is 14.8 Å². The molecular weight excluding hydrogens is 310 g/mol. The fraction of sp³-hybridized carbons (Fsp3) is 0.118. The number of methoxy groups -OCH3 is 2. The quantitative estimate of drug-likeness (QED) is 0.565. The molecular formula is C17H15N3O4. The molecule has 122 valence electrons. The van der Waals surface area contributed by atoms with Gasteiger partial charge in [-0.1, -0.05) is 12.1 Å². The monoisotopic (exact) mass is 325 g/mol. The smallest absolute Gasteiger partial charge is 0.296 e. The highest BCUT2D eigenvalue weighted by Gasteiger charge is 2.16. The average molecular weight is 325 g/mol. The van der Waals surface area contributed by atoms with E-state index in [9.17, 15) is 10.1 Å². The predicted molar refractivity (Wildman–Crippen MR) is 91.2 cm³/mol. The SMILES string of the molecule is COc1ccc(Nc2ccc3cccc(OC)c3n2)c([N+](=O)[O-])c1. The third-order valence-corrected chi connectivity index (χ3v) is 3.57. The predicted octanol–water partition coefficient (Wildman–Crippen LogP) is 3.90. The van der Waals surface area contributed by atoms with Crippen molar-refractivity contribution in [3.63, 3.8) is 0 Å². The van der Waals surface area contributed by atoms with Crippen molar-refractivity contribution in [2.24, 2.45) is 0 Å². The maximum atomic E-state index is 11.3. The van der Waals surface area contributed by atoms with Gasteiger partial charge in [0.1, 0.15) is 28.5 Å². The number of hydrogen-bond donors (Lipinski definition) is 1. The van der Waals surface area contributed by atoms with Crippen LogP contribution in [-0.2, 0) is 0 Å². The Bertz CT molecular complexity index is 911. The van der Waals surface area contributed by atoms with Gasteiger partial charge in [-0.25, -0.2) is 4.98 Å². The van der Waals surface area contributed by atoms with Crippen LogP contribution in [0.4, 0.5) is 17.2 Å². The molecule has 0 aliphatic heterocycles. The number of aromatic nitrogens is 1. The Labute approximate surface area is 138 Å². The average Bonchev–Trinajstić information content (AvgIpc) is 2.61. The number of pyridine rings is 1. The van der Waals surface area contributed by atoms with Gasteiger partial charge in [0.2, 0.25) is 0 Å². The maximum absolute atomic E-state index is 11.3. The lowest BCUT2D eigenvalue weighted by Gasteiger charge is -2.10. The van der Waals surface area contributed by atoms with Crippen LogP contribution in [-0.4, -0.2) is 24.1 Å². The fourth-order valence-corrected chi connectivity index (χ4v) is 2.39. The molecule has 0 amide bonds. The number of hydrogen-bond acceptors (Lipinski definition) is 6. The minimum absolute atomic E-state index is 0.0868. The highest BCUT2D eigenvalue weighted by atomic mass is 16.6. The van der Waals surface area contributed by atoms with E-state index in [4.69, 9.17) is 9.47 Å². The molecule has 0 aliphatic carbocycles. The first-order valence-electron chi connectivity index (χ1n) is 7.15. The van der Waals surface area contributed by atoms with Gasteiger partial charge in [-0.15, -0.1) is 0 Å². The summed E-state index contributed by atoms with van der Waals surface area (Å²) in [7, 11) is 3.04. The molecule has 7 heteroatoms. The van der Waals surface area contributed by atoms with Gasteiger partial charge in [-0.05, 0) is 30.3 Å². The Kier molecular flexibility index (Phi) is 4.15. The summed E-state index contributed by atoms with van der Waals surface area (Å²) in [5.74, 6) is 1.54. The minimum atomic E-state index is -0.466. The van der Waals surface area contributed by atoms with Gasteiger partial charge in [0.25, 0.3) is 5.69 Å². The number of para-hydroxylation sites is 1. The third-order valence-electron chi connectivity index (χ3n) is 3.57. The van der Waals surface area contributed by atoms with Gasteiger partial charge in [0, 0.05) is 5.39 Å². The summed E-state index contributed by atoms with van der Waals surface area (Å²) in [6, 6.07) is 13.9. The fourth-order valence-electron chi connectivity index (χ4n) is 2.39. The van der Waals surface area contributed by atoms with Crippen LogP contribution >= 0.6 is 0 Å². The summed E-state index contributed by atoms with van der Waals surface area (Å²) in [5, 5.41) is 15.2. The van der Waals surface area contributed by atoms with Crippen molar-refractivity contribution in [1.82, 2.24) is 4.98 Å². The van der Waals surface area contributed by atoms with Crippen LogP contribution in [0.2, 0.25) is 0 Å². The van der Waals surface area contributed by atoms with E-state index in [-0.39, 0.29) is 5.69 Å². The van der Waals surface area contributed by atoms with E-state index in [1.165, 1.54) is 13.2 Å². The van der Waals surface area contributed by atoms with Crippen LogP contribution in [0.3, 0.4) is 0 Å². The standard InChI is InChI=1S/C17H15N3O4/c1-23-12-7-8-13(14(10-12)20(21)22)18-16-9-6-11-4-3-5-15(24-2)17(11)19-16/h3-10H,1-2H3,(H,18,19). The van der Waals surface area contributed by atoms with Gasteiger partial charge in [-0.2, -0.15) is 0 Å². The molecule has 7 nitrogen and oxygen atoms in total. The number of benzene rings is 2. The van der Waals surface area contributed by atoms with E-state index < -0.39 is 4.92 Å². The summed E-state index contributed by atoms with van der Waals surface area (Å²) >= 11 is 0. The second-order valence-electron chi connectivity index (χ2n) is 4.99. The number of rotatable bonds is 5. The lowest BCUT2D eigenvalue weighted by molar-refractivity contribution is -0.384.